The van der Waals surface area contributed by atoms with Gasteiger partial charge in [-0.15, -0.1) is 5.10 Å². The number of hydrogen-bond donors (Lipinski definition) is 2. The molecule has 2 aromatic heterocycles. The number of carbonyl (C=O) groups excluding carboxylic acids is 1. The van der Waals surface area contributed by atoms with Crippen LogP contribution < -0.4 is 5.73 Å². The van der Waals surface area contributed by atoms with Crippen LogP contribution in [0.3, 0.4) is 0 Å². The van der Waals surface area contributed by atoms with E-state index in [1.54, 1.807) is 4.68 Å². The highest BCUT2D eigenvalue weighted by Crippen LogP contribution is 2.24. The number of benzene rings is 2. The molecule has 2 aromatic carbocycles. The molecule has 0 aliphatic rings. The first-order valence-corrected chi connectivity index (χ1v) is 9.08. The van der Waals surface area contributed by atoms with E-state index < -0.39 is 5.91 Å². The van der Waals surface area contributed by atoms with Gasteiger partial charge in [0.05, 0.1) is 12.1 Å². The molecule has 0 aliphatic heterocycles. The van der Waals surface area contributed by atoms with Crippen LogP contribution in [0.25, 0.3) is 10.9 Å². The highest BCUT2D eigenvalue weighted by molar-refractivity contribution is 6.04. The van der Waals surface area contributed by atoms with Gasteiger partial charge in [0, 0.05) is 11.8 Å². The normalized spacial score (nSPS) is 11.2. The molecule has 1 amide bonds. The molecular weight excluding hydrogens is 354 g/mol. The molecule has 4 rings (SSSR count). The average Bonchev–Trinajstić information content (AvgIpc) is 3.33. The van der Waals surface area contributed by atoms with Crippen LogP contribution in [-0.4, -0.2) is 36.3 Å². The third-order valence-electron chi connectivity index (χ3n) is 4.68. The molecule has 28 heavy (non-hydrogen) atoms. The lowest BCUT2D eigenvalue weighted by Crippen LogP contribution is -2.11. The summed E-state index contributed by atoms with van der Waals surface area (Å²) in [5.41, 5.74) is 9.83. The molecule has 0 unspecified atom stereocenters. The Balaban J connectivity index is 1.57. The molecule has 141 valence electrons. The lowest BCUT2D eigenvalue weighted by molar-refractivity contribution is 0.0997. The minimum absolute atomic E-state index is 0.264. The number of H-pyrrole nitrogens is 1. The molecule has 0 fully saturated rings. The minimum Gasteiger partial charge on any atom is -0.364 e. The maximum Gasteiger partial charge on any atom is 0.269 e. The van der Waals surface area contributed by atoms with Gasteiger partial charge in [-0.25, -0.2) is 4.68 Å². The molecule has 2 heterocycles. The number of carbonyl (C=O) groups is 1. The van der Waals surface area contributed by atoms with Crippen molar-refractivity contribution in [2.24, 2.45) is 5.73 Å². The van der Waals surface area contributed by atoms with Crippen molar-refractivity contribution in [3.05, 3.63) is 77.1 Å². The van der Waals surface area contributed by atoms with Crippen molar-refractivity contribution >= 4 is 16.8 Å². The van der Waals surface area contributed by atoms with Gasteiger partial charge in [0.1, 0.15) is 0 Å². The molecule has 4 aromatic rings. The zero-order valence-electron chi connectivity index (χ0n) is 15.5. The van der Waals surface area contributed by atoms with Crippen molar-refractivity contribution < 1.29 is 4.79 Å². The van der Waals surface area contributed by atoms with Gasteiger partial charge in [-0.2, -0.15) is 5.10 Å². The monoisotopic (exact) mass is 374 g/mol. The van der Waals surface area contributed by atoms with Gasteiger partial charge >= 0.3 is 0 Å². The molecule has 8 heteroatoms. The number of nitrogens with two attached hydrogens (primary N) is 1. The Morgan fingerprint density at radius 3 is 2.79 bits per heavy atom. The summed E-state index contributed by atoms with van der Waals surface area (Å²) in [6.45, 7) is 2.67. The van der Waals surface area contributed by atoms with E-state index in [2.05, 4.69) is 38.7 Å². The molecular formula is C20H20N7O. The van der Waals surface area contributed by atoms with E-state index >= 15 is 0 Å². The van der Waals surface area contributed by atoms with Gasteiger partial charge in [-0.3, -0.25) is 9.89 Å². The first-order chi connectivity index (χ1) is 13.7. The fraction of sp³-hybridized carbons (Fsp3) is 0.200. The van der Waals surface area contributed by atoms with Gasteiger partial charge in [0.25, 0.3) is 5.91 Å². The van der Waals surface area contributed by atoms with Crippen molar-refractivity contribution in [2.45, 2.75) is 26.3 Å². The van der Waals surface area contributed by atoms with E-state index in [9.17, 15) is 4.79 Å². The van der Waals surface area contributed by atoms with Crippen molar-refractivity contribution in [3.63, 3.8) is 0 Å². The zero-order valence-corrected chi connectivity index (χ0v) is 15.5. The number of fused-ring (bicyclic) bond motifs is 1. The lowest BCUT2D eigenvalue weighted by Gasteiger charge is -2.07. The van der Waals surface area contributed by atoms with Gasteiger partial charge in [0.2, 0.25) is 0 Å². The highest BCUT2D eigenvalue weighted by Gasteiger charge is 2.15. The number of hydrogen-bond acceptors (Lipinski definition) is 5. The summed E-state index contributed by atoms with van der Waals surface area (Å²) in [6.07, 6.45) is 3.42. The molecule has 0 saturated carbocycles. The first-order valence-electron chi connectivity index (χ1n) is 9.08. The van der Waals surface area contributed by atoms with Crippen LogP contribution in [0.4, 0.5) is 0 Å². The molecule has 0 bridgehead atoms. The van der Waals surface area contributed by atoms with Crippen molar-refractivity contribution in [1.82, 2.24) is 30.4 Å². The fourth-order valence-electron chi connectivity index (χ4n) is 3.28. The molecule has 0 aliphatic carbocycles. The minimum atomic E-state index is -0.541. The lowest BCUT2D eigenvalue weighted by atomic mass is 10.00. The number of rotatable bonds is 7. The van der Waals surface area contributed by atoms with E-state index in [0.717, 1.165) is 34.0 Å². The van der Waals surface area contributed by atoms with Crippen LogP contribution in [0.15, 0.2) is 42.5 Å². The number of aromatic amines is 1. The van der Waals surface area contributed by atoms with Gasteiger partial charge < -0.3 is 5.73 Å². The standard InChI is InChI=1S/C20H20N7O/c1-2-15-10-14(11-16-18(15)23-24-19(16)20(21)28)8-9-17-22-25-26-27(17)12-13-6-4-3-5-7-13/h3-7,9-11H,2,8,12H2,1H3,(H2,21,28)(H,23,24). The third-order valence-corrected chi connectivity index (χ3v) is 4.68. The van der Waals surface area contributed by atoms with Crippen molar-refractivity contribution in [3.8, 4) is 0 Å². The van der Waals surface area contributed by atoms with E-state index in [0.29, 0.717) is 18.8 Å². The molecule has 0 atom stereocenters. The summed E-state index contributed by atoms with van der Waals surface area (Å²) in [4.78, 5) is 11.7. The van der Waals surface area contributed by atoms with Gasteiger partial charge in [-0.05, 0) is 46.0 Å². The van der Waals surface area contributed by atoms with Crippen LogP contribution in [0.2, 0.25) is 0 Å². The van der Waals surface area contributed by atoms with Crippen LogP contribution >= 0.6 is 0 Å². The van der Waals surface area contributed by atoms with E-state index in [1.165, 1.54) is 0 Å². The highest BCUT2D eigenvalue weighted by atomic mass is 16.1. The molecule has 0 spiro atoms. The van der Waals surface area contributed by atoms with Crippen LogP contribution in [-0.2, 0) is 19.4 Å². The Kier molecular flexibility index (Phi) is 4.84. The maximum absolute atomic E-state index is 11.7. The Hall–Kier alpha value is -3.55. The third kappa shape index (κ3) is 3.48. The van der Waals surface area contributed by atoms with E-state index in [-0.39, 0.29) is 5.69 Å². The summed E-state index contributed by atoms with van der Waals surface area (Å²) in [7, 11) is 0. The van der Waals surface area contributed by atoms with Crippen LogP contribution in [0.1, 0.15) is 39.9 Å². The Labute approximate surface area is 161 Å². The number of aryl methyl sites for hydroxylation is 1. The quantitative estimate of drug-likeness (QED) is 0.514. The second-order valence-electron chi connectivity index (χ2n) is 6.56. The number of nitrogens with one attached hydrogen (secondary N) is 1. The Morgan fingerprint density at radius 2 is 2.04 bits per heavy atom. The second kappa shape index (κ2) is 7.59. The SMILES string of the molecule is CCc1cc(C[CH]c2nnnn2Cc2ccccc2)cc2c(C(N)=O)n[nH]c12. The van der Waals surface area contributed by atoms with E-state index in [1.807, 2.05) is 42.8 Å². The zero-order chi connectivity index (χ0) is 19.5. The van der Waals surface area contributed by atoms with Gasteiger partial charge in [-0.1, -0.05) is 43.3 Å². The Bertz CT molecular complexity index is 1110. The first kappa shape index (κ1) is 17.8. The van der Waals surface area contributed by atoms with E-state index in [4.69, 9.17) is 5.73 Å². The predicted molar refractivity (Wildman–Crippen MR) is 104 cm³/mol. The summed E-state index contributed by atoms with van der Waals surface area (Å²) < 4.78 is 1.77. The molecule has 0 saturated heterocycles. The topological polar surface area (TPSA) is 115 Å². The number of tetrazole rings is 1. The second-order valence-corrected chi connectivity index (χ2v) is 6.56. The van der Waals surface area contributed by atoms with Crippen LogP contribution in [0.5, 0.6) is 0 Å². The summed E-state index contributed by atoms with van der Waals surface area (Å²) in [6, 6.07) is 14.1. The summed E-state index contributed by atoms with van der Waals surface area (Å²) >= 11 is 0. The Morgan fingerprint density at radius 1 is 1.21 bits per heavy atom. The molecule has 1 radical (unpaired) electrons. The number of aromatic nitrogens is 6. The van der Waals surface area contributed by atoms with Crippen molar-refractivity contribution in [1.29, 1.82) is 0 Å². The smallest absolute Gasteiger partial charge is 0.269 e. The number of amides is 1. The fourth-order valence-corrected chi connectivity index (χ4v) is 3.28. The molecule has 8 nitrogen and oxygen atoms in total. The molecule has 3 N–H and O–H groups in total. The average molecular weight is 374 g/mol. The predicted octanol–water partition coefficient (Wildman–Crippen LogP) is 2.05. The number of nitrogens with zero attached hydrogens (tertiary/aromatic N) is 5. The summed E-state index contributed by atoms with van der Waals surface area (Å²) in [5, 5.41) is 19.7. The number of primary amides is 1. The largest absolute Gasteiger partial charge is 0.364 e. The van der Waals surface area contributed by atoms with Crippen LogP contribution in [0, 0.1) is 6.42 Å². The maximum atomic E-state index is 11.7. The van der Waals surface area contributed by atoms with Gasteiger partial charge in [0.15, 0.2) is 11.5 Å². The summed E-state index contributed by atoms with van der Waals surface area (Å²) in [5.74, 6) is 0.158. The van der Waals surface area contributed by atoms with Crippen molar-refractivity contribution in [2.75, 3.05) is 0 Å².